The zero-order valence-corrected chi connectivity index (χ0v) is 12.1. The molecule has 0 saturated carbocycles. The number of hydrogen-bond acceptors (Lipinski definition) is 4. The van der Waals surface area contributed by atoms with E-state index in [2.05, 4.69) is 10.6 Å². The number of anilines is 1. The van der Waals surface area contributed by atoms with Gasteiger partial charge in [-0.2, -0.15) is 11.8 Å². The Morgan fingerprint density at radius 1 is 1.24 bits per heavy atom. The van der Waals surface area contributed by atoms with Gasteiger partial charge in [0.2, 0.25) is 5.91 Å². The van der Waals surface area contributed by atoms with E-state index >= 15 is 0 Å². The minimum absolute atomic E-state index is 0.00285. The average Bonchev–Trinajstić information content (AvgIpc) is 3.00. The second-order valence-corrected chi connectivity index (χ2v) is 5.85. The number of carboxylic acids is 1. The summed E-state index contributed by atoms with van der Waals surface area (Å²) in [6, 6.07) is 6.37. The Balaban J connectivity index is 1.90. The van der Waals surface area contributed by atoms with Crippen LogP contribution in [-0.2, 0) is 9.59 Å². The van der Waals surface area contributed by atoms with Crippen LogP contribution < -0.4 is 10.6 Å². The van der Waals surface area contributed by atoms with Gasteiger partial charge in [0.1, 0.15) is 6.54 Å². The van der Waals surface area contributed by atoms with Crippen molar-refractivity contribution in [2.24, 2.45) is 5.92 Å². The molecule has 1 saturated heterocycles. The Morgan fingerprint density at radius 2 is 1.95 bits per heavy atom. The number of rotatable bonds is 5. The van der Waals surface area contributed by atoms with Crippen LogP contribution in [0, 0.1) is 5.92 Å². The van der Waals surface area contributed by atoms with Crippen molar-refractivity contribution < 1.29 is 19.5 Å². The van der Waals surface area contributed by atoms with Gasteiger partial charge in [0.05, 0.1) is 0 Å². The van der Waals surface area contributed by atoms with Crippen LogP contribution in [0.5, 0.6) is 0 Å². The topological polar surface area (TPSA) is 95.5 Å². The van der Waals surface area contributed by atoms with Gasteiger partial charge in [0.25, 0.3) is 5.91 Å². The lowest BCUT2D eigenvalue weighted by Gasteiger charge is -2.10. The number of thioether (sulfide) groups is 1. The predicted molar refractivity (Wildman–Crippen MR) is 80.5 cm³/mol. The molecule has 1 aliphatic rings. The van der Waals surface area contributed by atoms with Gasteiger partial charge < -0.3 is 15.7 Å². The van der Waals surface area contributed by atoms with E-state index in [1.165, 1.54) is 0 Å². The van der Waals surface area contributed by atoms with Crippen molar-refractivity contribution in [3.63, 3.8) is 0 Å². The van der Waals surface area contributed by atoms with Crippen molar-refractivity contribution in [2.75, 3.05) is 23.4 Å². The summed E-state index contributed by atoms with van der Waals surface area (Å²) in [5, 5.41) is 13.6. The maximum absolute atomic E-state index is 11.9. The lowest BCUT2D eigenvalue weighted by molar-refractivity contribution is -0.135. The number of aliphatic carboxylic acids is 1. The molecule has 3 N–H and O–H groups in total. The minimum Gasteiger partial charge on any atom is -0.480 e. The third-order valence-corrected chi connectivity index (χ3v) is 4.28. The highest BCUT2D eigenvalue weighted by Crippen LogP contribution is 2.24. The van der Waals surface area contributed by atoms with E-state index in [-0.39, 0.29) is 11.8 Å². The van der Waals surface area contributed by atoms with E-state index < -0.39 is 18.4 Å². The van der Waals surface area contributed by atoms with Gasteiger partial charge >= 0.3 is 5.97 Å². The molecule has 6 nitrogen and oxygen atoms in total. The molecule has 7 heteroatoms. The molecule has 1 aromatic carbocycles. The largest absolute Gasteiger partial charge is 0.480 e. The van der Waals surface area contributed by atoms with E-state index in [1.807, 2.05) is 0 Å². The normalized spacial score (nSPS) is 17.2. The van der Waals surface area contributed by atoms with Crippen molar-refractivity contribution in [1.82, 2.24) is 5.32 Å². The molecule has 1 aromatic rings. The van der Waals surface area contributed by atoms with E-state index in [9.17, 15) is 14.4 Å². The highest BCUT2D eigenvalue weighted by molar-refractivity contribution is 7.99. The van der Waals surface area contributed by atoms with Crippen molar-refractivity contribution in [1.29, 1.82) is 0 Å². The van der Waals surface area contributed by atoms with Crippen molar-refractivity contribution >= 4 is 35.2 Å². The van der Waals surface area contributed by atoms with Crippen LogP contribution >= 0.6 is 11.8 Å². The summed E-state index contributed by atoms with van der Waals surface area (Å²) in [5.74, 6) is 0.364. The first-order valence-electron chi connectivity index (χ1n) is 6.55. The Labute approximate surface area is 126 Å². The van der Waals surface area contributed by atoms with Crippen LogP contribution in [0.1, 0.15) is 16.8 Å². The minimum atomic E-state index is -1.10. The molecule has 2 amide bonds. The number of amides is 2. The molecule has 21 heavy (non-hydrogen) atoms. The van der Waals surface area contributed by atoms with Crippen LogP contribution in [0.4, 0.5) is 5.69 Å². The highest BCUT2D eigenvalue weighted by Gasteiger charge is 2.23. The fourth-order valence-electron chi connectivity index (χ4n) is 1.95. The van der Waals surface area contributed by atoms with E-state index in [0.29, 0.717) is 11.3 Å². The van der Waals surface area contributed by atoms with Crippen molar-refractivity contribution in [3.05, 3.63) is 29.8 Å². The molecule has 0 aromatic heterocycles. The number of hydrogen-bond donors (Lipinski definition) is 3. The molecule has 2 rings (SSSR count). The lowest BCUT2D eigenvalue weighted by atomic mass is 10.1. The van der Waals surface area contributed by atoms with Gasteiger partial charge in [-0.15, -0.1) is 0 Å². The summed E-state index contributed by atoms with van der Waals surface area (Å²) < 4.78 is 0. The molecule has 112 valence electrons. The third kappa shape index (κ3) is 4.49. The van der Waals surface area contributed by atoms with Gasteiger partial charge in [-0.25, -0.2) is 0 Å². The lowest BCUT2D eigenvalue weighted by Crippen LogP contribution is -2.29. The fraction of sp³-hybridized carbons (Fsp3) is 0.357. The standard InChI is InChI=1S/C14H16N2O4S/c17-12(18)7-15-13(19)9-1-3-11(4-2-9)16-14(20)10-5-6-21-8-10/h1-4,10H,5-8H2,(H,15,19)(H,16,20)(H,17,18). The second kappa shape index (κ2) is 7.12. The average molecular weight is 308 g/mol. The molecule has 0 bridgehead atoms. The van der Waals surface area contributed by atoms with Crippen LogP contribution in [0.25, 0.3) is 0 Å². The second-order valence-electron chi connectivity index (χ2n) is 4.70. The quantitative estimate of drug-likeness (QED) is 0.759. The van der Waals surface area contributed by atoms with Crippen LogP contribution in [0.3, 0.4) is 0 Å². The molecule has 1 heterocycles. The maximum atomic E-state index is 11.9. The van der Waals surface area contributed by atoms with Gasteiger partial charge in [-0.1, -0.05) is 0 Å². The van der Waals surface area contributed by atoms with Gasteiger partial charge in [0.15, 0.2) is 0 Å². The maximum Gasteiger partial charge on any atom is 0.322 e. The summed E-state index contributed by atoms with van der Waals surface area (Å²) in [6.07, 6.45) is 0.895. The predicted octanol–water partition coefficient (Wildman–Crippen LogP) is 1.19. The zero-order chi connectivity index (χ0) is 15.2. The molecule has 0 radical (unpaired) electrons. The van der Waals surface area contributed by atoms with Gasteiger partial charge in [-0.3, -0.25) is 14.4 Å². The van der Waals surface area contributed by atoms with Crippen LogP contribution in [0.15, 0.2) is 24.3 Å². The summed E-state index contributed by atoms with van der Waals surface area (Å²) in [7, 11) is 0. The fourth-order valence-corrected chi connectivity index (χ4v) is 3.17. The number of carboxylic acid groups (broad SMARTS) is 1. The molecule has 0 aliphatic carbocycles. The molecular formula is C14H16N2O4S. The number of nitrogens with one attached hydrogen (secondary N) is 2. The Kier molecular flexibility index (Phi) is 5.21. The number of carbonyl (C=O) groups is 3. The van der Waals surface area contributed by atoms with Gasteiger partial charge in [0, 0.05) is 22.9 Å². The summed E-state index contributed by atoms with van der Waals surface area (Å²) in [5.41, 5.74) is 0.984. The Hall–Kier alpha value is -2.02. The van der Waals surface area contributed by atoms with E-state index in [0.717, 1.165) is 17.9 Å². The third-order valence-electron chi connectivity index (χ3n) is 3.12. The smallest absolute Gasteiger partial charge is 0.322 e. The number of benzene rings is 1. The van der Waals surface area contributed by atoms with Crippen molar-refractivity contribution in [3.8, 4) is 0 Å². The van der Waals surface area contributed by atoms with E-state index in [1.54, 1.807) is 36.0 Å². The Morgan fingerprint density at radius 3 is 2.52 bits per heavy atom. The highest BCUT2D eigenvalue weighted by atomic mass is 32.2. The SMILES string of the molecule is O=C(O)CNC(=O)c1ccc(NC(=O)C2CCSC2)cc1. The number of carbonyl (C=O) groups excluding carboxylic acids is 2. The molecule has 1 aliphatic heterocycles. The molecule has 0 spiro atoms. The van der Waals surface area contributed by atoms with E-state index in [4.69, 9.17) is 5.11 Å². The molecule has 1 atom stereocenters. The molecular weight excluding hydrogens is 292 g/mol. The Bertz CT molecular complexity index is 538. The summed E-state index contributed by atoms with van der Waals surface area (Å²) in [4.78, 5) is 33.9. The molecule has 1 fully saturated rings. The first-order valence-corrected chi connectivity index (χ1v) is 7.70. The summed E-state index contributed by atoms with van der Waals surface area (Å²) in [6.45, 7) is -0.420. The van der Waals surface area contributed by atoms with Crippen LogP contribution in [0.2, 0.25) is 0 Å². The first kappa shape index (κ1) is 15.4. The first-order chi connectivity index (χ1) is 10.1. The molecule has 1 unspecified atom stereocenters. The monoisotopic (exact) mass is 308 g/mol. The van der Waals surface area contributed by atoms with Crippen molar-refractivity contribution in [2.45, 2.75) is 6.42 Å². The summed E-state index contributed by atoms with van der Waals surface area (Å²) >= 11 is 1.77. The van der Waals surface area contributed by atoms with Gasteiger partial charge in [-0.05, 0) is 36.4 Å². The zero-order valence-electron chi connectivity index (χ0n) is 11.3. The van der Waals surface area contributed by atoms with Crippen LogP contribution in [-0.4, -0.2) is 40.9 Å².